The summed E-state index contributed by atoms with van der Waals surface area (Å²) in [5.41, 5.74) is 2.94. The summed E-state index contributed by atoms with van der Waals surface area (Å²) >= 11 is 6.45. The zero-order valence-corrected chi connectivity index (χ0v) is 31.3. The number of rotatable bonds is 6. The third-order valence-electron chi connectivity index (χ3n) is 12.6. The molecule has 0 radical (unpaired) electrons. The minimum absolute atomic E-state index is 0.0111. The zero-order chi connectivity index (χ0) is 39.0. The highest BCUT2D eigenvalue weighted by molar-refractivity contribution is 6.32. The van der Waals surface area contributed by atoms with Crippen LogP contribution in [0.25, 0.3) is 10.8 Å². The molecule has 9 heteroatoms. The third-order valence-corrected chi connectivity index (χ3v) is 12.8. The van der Waals surface area contributed by atoms with Gasteiger partial charge >= 0.3 is 0 Å². The molecule has 2 aliphatic heterocycles. The number of halogens is 1. The van der Waals surface area contributed by atoms with Gasteiger partial charge in [-0.2, -0.15) is 0 Å². The molecule has 1 saturated carbocycles. The highest BCUT2D eigenvalue weighted by Crippen LogP contribution is 2.65. The first-order chi connectivity index (χ1) is 27.8. The van der Waals surface area contributed by atoms with Gasteiger partial charge in [0.25, 0.3) is 0 Å². The fourth-order valence-electron chi connectivity index (χ4n) is 10.2. The Bertz CT molecular complexity index is 2660. The number of allylic oxidation sites excluding steroid dienone is 2. The fraction of sp³-hybridized carbons (Fsp3) is 0.167. The maximum absolute atomic E-state index is 15.6. The van der Waals surface area contributed by atoms with Crippen molar-refractivity contribution in [2.24, 2.45) is 23.7 Å². The lowest BCUT2D eigenvalue weighted by atomic mass is 9.49. The van der Waals surface area contributed by atoms with E-state index in [0.717, 1.165) is 22.3 Å². The number of carbonyl (C=O) groups is 4. The van der Waals surface area contributed by atoms with E-state index < -0.39 is 46.8 Å². The van der Waals surface area contributed by atoms with Gasteiger partial charge in [0.15, 0.2) is 0 Å². The van der Waals surface area contributed by atoms with E-state index in [2.05, 4.69) is 5.32 Å². The number of hydrogen-bond acceptors (Lipinski definition) is 6. The third kappa shape index (κ3) is 5.20. The Hall–Kier alpha value is -6.51. The second-order valence-corrected chi connectivity index (χ2v) is 15.8. The topological polar surface area (TPSA) is 107 Å². The number of para-hydroxylation sites is 1. The van der Waals surface area contributed by atoms with Crippen molar-refractivity contribution >= 4 is 68.8 Å². The lowest BCUT2D eigenvalue weighted by Crippen LogP contribution is -2.53. The Morgan fingerprint density at radius 1 is 0.649 bits per heavy atom. The molecule has 4 amide bonds. The van der Waals surface area contributed by atoms with Gasteiger partial charge in [-0.25, -0.2) is 4.90 Å². The number of imide groups is 2. The molecular weight excluding hydrogens is 734 g/mol. The van der Waals surface area contributed by atoms with Crippen molar-refractivity contribution < 1.29 is 24.3 Å². The van der Waals surface area contributed by atoms with E-state index >= 15 is 9.59 Å². The van der Waals surface area contributed by atoms with Gasteiger partial charge in [-0.1, -0.05) is 114 Å². The number of phenols is 1. The van der Waals surface area contributed by atoms with Crippen LogP contribution in [0.3, 0.4) is 0 Å². The van der Waals surface area contributed by atoms with Gasteiger partial charge < -0.3 is 10.4 Å². The van der Waals surface area contributed by atoms with E-state index in [1.165, 1.54) is 9.80 Å². The van der Waals surface area contributed by atoms with Crippen molar-refractivity contribution in [1.82, 2.24) is 0 Å². The second-order valence-electron chi connectivity index (χ2n) is 15.4. The van der Waals surface area contributed by atoms with E-state index in [9.17, 15) is 14.7 Å². The second kappa shape index (κ2) is 13.3. The molecule has 2 saturated heterocycles. The molecule has 280 valence electrons. The summed E-state index contributed by atoms with van der Waals surface area (Å²) in [4.78, 5) is 62.3. The summed E-state index contributed by atoms with van der Waals surface area (Å²) in [6, 6.07) is 44.2. The predicted octanol–water partition coefficient (Wildman–Crippen LogP) is 9.31. The molecule has 10 rings (SSSR count). The number of phenolic OH excluding ortho intramolecular Hbond substituents is 1. The van der Waals surface area contributed by atoms with E-state index in [1.807, 2.05) is 115 Å². The summed E-state index contributed by atoms with van der Waals surface area (Å²) in [7, 11) is 0. The Balaban J connectivity index is 1.13. The molecule has 0 bridgehead atoms. The summed E-state index contributed by atoms with van der Waals surface area (Å²) in [5.74, 6) is -5.24. The molecular formula is C48H36ClN3O5. The molecule has 0 aromatic heterocycles. The molecule has 6 atom stereocenters. The van der Waals surface area contributed by atoms with Crippen LogP contribution >= 0.6 is 11.6 Å². The fourth-order valence-corrected chi connectivity index (χ4v) is 10.4. The summed E-state index contributed by atoms with van der Waals surface area (Å²) in [5, 5.41) is 17.4. The van der Waals surface area contributed by atoms with Crippen molar-refractivity contribution in [2.45, 2.75) is 24.2 Å². The molecule has 6 unspecified atom stereocenters. The first kappa shape index (κ1) is 34.9. The number of amides is 4. The molecule has 3 fully saturated rings. The highest BCUT2D eigenvalue weighted by Gasteiger charge is 2.70. The maximum atomic E-state index is 15.6. The number of hydrogen-bond donors (Lipinski definition) is 2. The average Bonchev–Trinajstić information content (AvgIpc) is 3.63. The van der Waals surface area contributed by atoms with Crippen LogP contribution in [0.15, 0.2) is 157 Å². The largest absolute Gasteiger partial charge is 0.507 e. The SMILES string of the molecule is O=C1C2CC=C3C(CC4C(=O)N(c5cccc(Cl)c5)C(=O)C4(c4ccccc4)C3c3ccc4ccccc4c3O)C2C(=O)N1c1ccc(Nc2ccccc2)cc1. The molecule has 0 spiro atoms. The van der Waals surface area contributed by atoms with Gasteiger partial charge in [0.05, 0.1) is 34.5 Å². The van der Waals surface area contributed by atoms with Gasteiger partial charge in [-0.15, -0.1) is 0 Å². The van der Waals surface area contributed by atoms with Gasteiger partial charge in [-0.05, 0) is 84.3 Å². The number of carbonyl (C=O) groups excluding carboxylic acids is 4. The minimum atomic E-state index is -1.50. The number of anilines is 4. The van der Waals surface area contributed by atoms with E-state index in [1.54, 1.807) is 36.4 Å². The van der Waals surface area contributed by atoms with Crippen LogP contribution in [0.2, 0.25) is 5.02 Å². The summed E-state index contributed by atoms with van der Waals surface area (Å²) in [6.07, 6.45) is 2.43. The van der Waals surface area contributed by atoms with Crippen molar-refractivity contribution in [3.05, 3.63) is 173 Å². The molecule has 2 aliphatic carbocycles. The molecule has 6 aromatic carbocycles. The Morgan fingerprint density at radius 2 is 1.35 bits per heavy atom. The summed E-state index contributed by atoms with van der Waals surface area (Å²) in [6.45, 7) is 0. The first-order valence-electron chi connectivity index (χ1n) is 19.2. The van der Waals surface area contributed by atoms with Crippen molar-refractivity contribution in [3.63, 3.8) is 0 Å². The lowest BCUT2D eigenvalue weighted by Gasteiger charge is -2.50. The van der Waals surface area contributed by atoms with Crippen LogP contribution in [-0.2, 0) is 24.6 Å². The number of aromatic hydroxyl groups is 1. The van der Waals surface area contributed by atoms with Gasteiger partial charge in [-0.3, -0.25) is 24.1 Å². The van der Waals surface area contributed by atoms with E-state index in [0.29, 0.717) is 32.9 Å². The maximum Gasteiger partial charge on any atom is 0.246 e. The van der Waals surface area contributed by atoms with Crippen molar-refractivity contribution in [2.75, 3.05) is 15.1 Å². The lowest BCUT2D eigenvalue weighted by molar-refractivity contribution is -0.127. The summed E-state index contributed by atoms with van der Waals surface area (Å²) < 4.78 is 0. The van der Waals surface area contributed by atoms with Crippen molar-refractivity contribution in [1.29, 1.82) is 0 Å². The molecule has 6 aromatic rings. The van der Waals surface area contributed by atoms with Gasteiger partial charge in [0, 0.05) is 33.3 Å². The van der Waals surface area contributed by atoms with Crippen LogP contribution in [-0.4, -0.2) is 28.7 Å². The van der Waals surface area contributed by atoms with Crippen LogP contribution in [0.5, 0.6) is 5.75 Å². The molecule has 2 heterocycles. The number of fused-ring (bicyclic) bond motifs is 5. The van der Waals surface area contributed by atoms with E-state index in [4.69, 9.17) is 11.6 Å². The Kier molecular flexibility index (Phi) is 8.16. The smallest absolute Gasteiger partial charge is 0.246 e. The monoisotopic (exact) mass is 769 g/mol. The van der Waals surface area contributed by atoms with Gasteiger partial charge in [0.2, 0.25) is 23.6 Å². The molecule has 2 N–H and O–H groups in total. The average molecular weight is 770 g/mol. The van der Waals surface area contributed by atoms with Crippen LogP contribution in [0.4, 0.5) is 22.7 Å². The molecule has 57 heavy (non-hydrogen) atoms. The highest BCUT2D eigenvalue weighted by atomic mass is 35.5. The first-order valence-corrected chi connectivity index (χ1v) is 19.5. The quantitative estimate of drug-likeness (QED) is 0.129. The number of nitrogens with zero attached hydrogens (tertiary/aromatic N) is 2. The number of nitrogens with one attached hydrogen (secondary N) is 1. The van der Waals surface area contributed by atoms with Gasteiger partial charge in [0.1, 0.15) is 5.75 Å². The van der Waals surface area contributed by atoms with Crippen molar-refractivity contribution in [3.8, 4) is 5.75 Å². The van der Waals surface area contributed by atoms with Crippen LogP contribution < -0.4 is 15.1 Å². The van der Waals surface area contributed by atoms with Crippen LogP contribution in [0.1, 0.15) is 29.9 Å². The van der Waals surface area contributed by atoms with E-state index in [-0.39, 0.29) is 30.4 Å². The predicted molar refractivity (Wildman–Crippen MR) is 220 cm³/mol. The Labute approximate surface area is 334 Å². The minimum Gasteiger partial charge on any atom is -0.507 e. The molecule has 4 aliphatic rings. The Morgan fingerprint density at radius 3 is 2.11 bits per heavy atom. The van der Waals surface area contributed by atoms with Crippen LogP contribution in [0, 0.1) is 23.7 Å². The standard InChI is InChI=1S/C48H36ClN3O5/c49-30-13-9-16-34(26-30)52-45(55)40-27-39-36(24-25-37-41(39)46(56)51(44(37)54)33-21-19-32(20-22-33)50-31-14-5-2-6-15-31)42(48(40,47(52)57)29-11-3-1-4-12-29)38-23-18-28-10-7-8-17-35(28)43(38)53/h1-24,26,37,39-42,50,53H,25,27H2. The normalized spacial score (nSPS) is 25.3. The molecule has 8 nitrogen and oxygen atoms in total. The number of benzene rings is 6. The zero-order valence-electron chi connectivity index (χ0n) is 30.6.